The van der Waals surface area contributed by atoms with Crippen molar-refractivity contribution in [1.82, 2.24) is 4.90 Å². The fourth-order valence-electron chi connectivity index (χ4n) is 2.39. The quantitative estimate of drug-likeness (QED) is 0.776. The van der Waals surface area contributed by atoms with Crippen LogP contribution < -0.4 is 0 Å². The monoisotopic (exact) mass is 287 g/mol. The first kappa shape index (κ1) is 14.8. The Labute approximate surface area is 125 Å². The Hall–Kier alpha value is -1.61. The van der Waals surface area contributed by atoms with E-state index >= 15 is 0 Å². The maximum absolute atomic E-state index is 12.7. The summed E-state index contributed by atoms with van der Waals surface area (Å²) in [5.74, 6) is 0.192. The molecule has 0 N–H and O–H groups in total. The van der Waals surface area contributed by atoms with Gasteiger partial charge in [0.15, 0.2) is 0 Å². The van der Waals surface area contributed by atoms with Crippen LogP contribution in [0.4, 0.5) is 0 Å². The van der Waals surface area contributed by atoms with E-state index in [2.05, 4.69) is 25.1 Å². The van der Waals surface area contributed by atoms with E-state index in [0.29, 0.717) is 6.54 Å². The fraction of sp³-hybridized carbons (Fsp3) is 0.353. The molecule has 1 heterocycles. The van der Waals surface area contributed by atoms with Gasteiger partial charge in [-0.2, -0.15) is 0 Å². The van der Waals surface area contributed by atoms with Gasteiger partial charge in [-0.25, -0.2) is 0 Å². The molecule has 1 unspecified atom stereocenters. The molecule has 0 saturated carbocycles. The number of rotatable bonds is 6. The van der Waals surface area contributed by atoms with E-state index in [0.717, 1.165) is 18.4 Å². The van der Waals surface area contributed by atoms with E-state index < -0.39 is 0 Å². The summed E-state index contributed by atoms with van der Waals surface area (Å²) in [6.07, 6.45) is 1.91. The van der Waals surface area contributed by atoms with Gasteiger partial charge >= 0.3 is 0 Å². The largest absolute Gasteiger partial charge is 0.340 e. The first-order valence-corrected chi connectivity index (χ1v) is 7.92. The van der Waals surface area contributed by atoms with Gasteiger partial charge in [-0.3, -0.25) is 4.79 Å². The number of amides is 1. The second-order valence-corrected chi connectivity index (χ2v) is 6.06. The highest BCUT2D eigenvalue weighted by Gasteiger charge is 2.23. The third-order valence-corrected chi connectivity index (χ3v) is 4.29. The Balaban J connectivity index is 2.10. The summed E-state index contributed by atoms with van der Waals surface area (Å²) in [6, 6.07) is 14.2. The smallest absolute Gasteiger partial charge is 0.230 e. The summed E-state index contributed by atoms with van der Waals surface area (Å²) < 4.78 is 0. The highest BCUT2D eigenvalue weighted by Crippen LogP contribution is 2.24. The molecule has 20 heavy (non-hydrogen) atoms. The zero-order valence-corrected chi connectivity index (χ0v) is 12.9. The van der Waals surface area contributed by atoms with Crippen molar-refractivity contribution in [2.75, 3.05) is 7.05 Å². The van der Waals surface area contributed by atoms with Crippen LogP contribution in [0.5, 0.6) is 0 Å². The van der Waals surface area contributed by atoms with Crippen LogP contribution in [-0.4, -0.2) is 17.9 Å². The SMILES string of the molecule is CCCC(C(=O)N(C)Cc1cccs1)c1ccccc1. The van der Waals surface area contributed by atoms with Crippen molar-refractivity contribution in [3.63, 3.8) is 0 Å². The Bertz CT molecular complexity index is 521. The zero-order chi connectivity index (χ0) is 14.4. The topological polar surface area (TPSA) is 20.3 Å². The maximum Gasteiger partial charge on any atom is 0.230 e. The van der Waals surface area contributed by atoms with Crippen molar-refractivity contribution in [3.8, 4) is 0 Å². The van der Waals surface area contributed by atoms with Crippen LogP contribution in [0.1, 0.15) is 36.1 Å². The number of carbonyl (C=O) groups is 1. The number of nitrogens with zero attached hydrogens (tertiary/aromatic N) is 1. The molecule has 3 heteroatoms. The second kappa shape index (κ2) is 7.25. The maximum atomic E-state index is 12.7. The number of benzene rings is 1. The van der Waals surface area contributed by atoms with Crippen LogP contribution in [0.15, 0.2) is 47.8 Å². The zero-order valence-electron chi connectivity index (χ0n) is 12.1. The van der Waals surface area contributed by atoms with E-state index in [1.165, 1.54) is 4.88 Å². The van der Waals surface area contributed by atoms with Crippen molar-refractivity contribution < 1.29 is 4.79 Å². The minimum Gasteiger partial charge on any atom is -0.340 e. The lowest BCUT2D eigenvalue weighted by molar-refractivity contribution is -0.132. The molecule has 0 aliphatic rings. The van der Waals surface area contributed by atoms with Crippen LogP contribution in [0.25, 0.3) is 0 Å². The second-order valence-electron chi connectivity index (χ2n) is 5.03. The Morgan fingerprint density at radius 3 is 2.55 bits per heavy atom. The lowest BCUT2D eigenvalue weighted by Gasteiger charge is -2.23. The molecule has 0 radical (unpaired) electrons. The molecule has 2 nitrogen and oxygen atoms in total. The van der Waals surface area contributed by atoms with Crippen LogP contribution in [0.3, 0.4) is 0 Å². The molecule has 2 rings (SSSR count). The lowest BCUT2D eigenvalue weighted by Crippen LogP contribution is -2.31. The van der Waals surface area contributed by atoms with E-state index in [-0.39, 0.29) is 11.8 Å². The first-order chi connectivity index (χ1) is 9.72. The van der Waals surface area contributed by atoms with Gasteiger partial charge in [-0.05, 0) is 23.4 Å². The van der Waals surface area contributed by atoms with Crippen molar-refractivity contribution in [1.29, 1.82) is 0 Å². The van der Waals surface area contributed by atoms with Crippen molar-refractivity contribution in [2.24, 2.45) is 0 Å². The number of likely N-dealkylation sites (N-methyl/N-ethyl adjacent to an activating group) is 1. The Morgan fingerprint density at radius 2 is 1.95 bits per heavy atom. The van der Waals surface area contributed by atoms with Crippen molar-refractivity contribution in [3.05, 3.63) is 58.3 Å². The van der Waals surface area contributed by atoms with Crippen LogP contribution >= 0.6 is 11.3 Å². The molecule has 0 aliphatic heterocycles. The van der Waals surface area contributed by atoms with Gasteiger partial charge in [0.1, 0.15) is 0 Å². The molecule has 1 aromatic heterocycles. The summed E-state index contributed by atoms with van der Waals surface area (Å²) in [7, 11) is 1.90. The van der Waals surface area contributed by atoms with E-state index in [4.69, 9.17) is 0 Å². The Morgan fingerprint density at radius 1 is 1.20 bits per heavy atom. The third kappa shape index (κ3) is 3.70. The molecular weight excluding hydrogens is 266 g/mol. The number of carbonyl (C=O) groups excluding carboxylic acids is 1. The average molecular weight is 287 g/mol. The fourth-order valence-corrected chi connectivity index (χ4v) is 3.14. The number of hydrogen-bond acceptors (Lipinski definition) is 2. The van der Waals surface area contributed by atoms with Gasteiger partial charge in [0, 0.05) is 11.9 Å². The summed E-state index contributed by atoms with van der Waals surface area (Å²) in [6.45, 7) is 2.83. The summed E-state index contributed by atoms with van der Waals surface area (Å²) in [5.41, 5.74) is 1.12. The number of thiophene rings is 1. The molecule has 0 spiro atoms. The third-order valence-electron chi connectivity index (χ3n) is 3.43. The van der Waals surface area contributed by atoms with Crippen molar-refractivity contribution >= 4 is 17.2 Å². The molecule has 0 bridgehead atoms. The first-order valence-electron chi connectivity index (χ1n) is 7.04. The van der Waals surface area contributed by atoms with Crippen LogP contribution in [-0.2, 0) is 11.3 Å². The molecule has 0 saturated heterocycles. The molecule has 2 aromatic rings. The normalized spacial score (nSPS) is 12.1. The molecule has 1 aromatic carbocycles. The summed E-state index contributed by atoms with van der Waals surface area (Å²) in [4.78, 5) is 15.8. The van der Waals surface area contributed by atoms with Gasteiger partial charge in [0.2, 0.25) is 5.91 Å². The van der Waals surface area contributed by atoms with E-state index in [1.54, 1.807) is 11.3 Å². The Kier molecular flexibility index (Phi) is 5.36. The highest BCUT2D eigenvalue weighted by molar-refractivity contribution is 7.09. The summed E-state index contributed by atoms with van der Waals surface area (Å²) >= 11 is 1.70. The predicted octanol–water partition coefficient (Wildman–Crippen LogP) is 4.29. The minimum absolute atomic E-state index is 0.0221. The van der Waals surface area contributed by atoms with E-state index in [1.807, 2.05) is 41.6 Å². The standard InChI is InChI=1S/C17H21NOS/c1-3-8-16(14-9-5-4-6-10-14)17(19)18(2)13-15-11-7-12-20-15/h4-7,9-12,16H,3,8,13H2,1-2H3. The molecular formula is C17H21NOS. The van der Waals surface area contributed by atoms with Crippen molar-refractivity contribution in [2.45, 2.75) is 32.2 Å². The molecule has 106 valence electrons. The molecule has 0 aliphatic carbocycles. The van der Waals surface area contributed by atoms with Crippen LogP contribution in [0, 0.1) is 0 Å². The van der Waals surface area contributed by atoms with Gasteiger partial charge in [0.05, 0.1) is 12.5 Å². The predicted molar refractivity (Wildman–Crippen MR) is 84.9 cm³/mol. The van der Waals surface area contributed by atoms with E-state index in [9.17, 15) is 4.79 Å². The molecule has 1 amide bonds. The summed E-state index contributed by atoms with van der Waals surface area (Å²) in [5, 5.41) is 2.05. The highest BCUT2D eigenvalue weighted by atomic mass is 32.1. The van der Waals surface area contributed by atoms with Gasteiger partial charge in [-0.1, -0.05) is 49.7 Å². The number of hydrogen-bond donors (Lipinski definition) is 0. The average Bonchev–Trinajstić information content (AvgIpc) is 2.98. The van der Waals surface area contributed by atoms with Crippen LogP contribution in [0.2, 0.25) is 0 Å². The lowest BCUT2D eigenvalue weighted by atomic mass is 9.93. The molecule has 1 atom stereocenters. The minimum atomic E-state index is -0.0221. The van der Waals surface area contributed by atoms with Gasteiger partial charge in [0.25, 0.3) is 0 Å². The van der Waals surface area contributed by atoms with Gasteiger partial charge < -0.3 is 4.90 Å². The van der Waals surface area contributed by atoms with Gasteiger partial charge in [-0.15, -0.1) is 11.3 Å². The molecule has 0 fully saturated rings.